The van der Waals surface area contributed by atoms with Crippen LogP contribution in [0.15, 0.2) is 42.5 Å². The van der Waals surface area contributed by atoms with Crippen molar-refractivity contribution in [1.82, 2.24) is 20.2 Å². The van der Waals surface area contributed by atoms with Crippen LogP contribution < -0.4 is 0 Å². The maximum Gasteiger partial charge on any atom is 0.187 e. The topological polar surface area (TPSA) is 43.6 Å². The lowest BCUT2D eigenvalue weighted by Gasteiger charge is -2.19. The SMILES string of the molecule is Cc1ccc(Cl)cc1-n1nnnc1-c1ccc(C(C)(C)C)cc1. The van der Waals surface area contributed by atoms with E-state index in [9.17, 15) is 0 Å². The molecule has 2 aromatic carbocycles. The summed E-state index contributed by atoms with van der Waals surface area (Å²) in [5.74, 6) is 0.704. The highest BCUT2D eigenvalue weighted by molar-refractivity contribution is 6.30. The third-order valence-corrected chi connectivity index (χ3v) is 4.11. The molecule has 0 atom stereocenters. The summed E-state index contributed by atoms with van der Waals surface area (Å²) in [7, 11) is 0. The van der Waals surface area contributed by atoms with Crippen LogP contribution in [0.5, 0.6) is 0 Å². The normalized spacial score (nSPS) is 11.7. The number of hydrogen-bond donors (Lipinski definition) is 0. The van der Waals surface area contributed by atoms with Gasteiger partial charge >= 0.3 is 0 Å². The molecule has 1 aromatic heterocycles. The van der Waals surface area contributed by atoms with Crippen LogP contribution in [-0.4, -0.2) is 20.2 Å². The first-order valence-corrected chi connectivity index (χ1v) is 7.90. The fourth-order valence-electron chi connectivity index (χ4n) is 2.46. The fraction of sp³-hybridized carbons (Fsp3) is 0.278. The minimum absolute atomic E-state index is 0.119. The van der Waals surface area contributed by atoms with Crippen molar-refractivity contribution in [2.24, 2.45) is 0 Å². The monoisotopic (exact) mass is 326 g/mol. The summed E-state index contributed by atoms with van der Waals surface area (Å²) in [5.41, 5.74) is 4.32. The molecule has 0 saturated carbocycles. The van der Waals surface area contributed by atoms with E-state index in [2.05, 4.69) is 60.6 Å². The minimum Gasteiger partial charge on any atom is -0.192 e. The summed E-state index contributed by atoms with van der Waals surface area (Å²) in [6.45, 7) is 8.60. The van der Waals surface area contributed by atoms with E-state index in [0.29, 0.717) is 10.8 Å². The number of hydrogen-bond acceptors (Lipinski definition) is 3. The Morgan fingerprint density at radius 3 is 2.35 bits per heavy atom. The highest BCUT2D eigenvalue weighted by Crippen LogP contribution is 2.27. The first-order valence-electron chi connectivity index (χ1n) is 7.52. The molecule has 0 aliphatic carbocycles. The lowest BCUT2D eigenvalue weighted by molar-refractivity contribution is 0.590. The standard InChI is InChI=1S/C18H19ClN4/c1-12-5-10-15(19)11-16(12)23-17(20-21-22-23)13-6-8-14(9-7-13)18(2,3)4/h5-11H,1-4H3. The van der Waals surface area contributed by atoms with E-state index in [0.717, 1.165) is 16.8 Å². The van der Waals surface area contributed by atoms with Crippen LogP contribution in [0, 0.1) is 6.92 Å². The van der Waals surface area contributed by atoms with E-state index in [1.54, 1.807) is 4.68 Å². The predicted molar refractivity (Wildman–Crippen MR) is 93.0 cm³/mol. The quantitative estimate of drug-likeness (QED) is 0.692. The molecule has 0 radical (unpaired) electrons. The molecule has 1 heterocycles. The molecule has 0 fully saturated rings. The Hall–Kier alpha value is -2.20. The Morgan fingerprint density at radius 2 is 1.70 bits per heavy atom. The third kappa shape index (κ3) is 3.13. The Balaban J connectivity index is 2.06. The van der Waals surface area contributed by atoms with E-state index in [-0.39, 0.29) is 5.41 Å². The van der Waals surface area contributed by atoms with Gasteiger partial charge in [0, 0.05) is 10.6 Å². The molecule has 0 N–H and O–H groups in total. The van der Waals surface area contributed by atoms with Gasteiger partial charge < -0.3 is 0 Å². The van der Waals surface area contributed by atoms with Crippen LogP contribution in [0.1, 0.15) is 31.9 Å². The Kier molecular flexibility index (Phi) is 3.94. The van der Waals surface area contributed by atoms with Gasteiger partial charge in [-0.05, 0) is 46.0 Å². The van der Waals surface area contributed by atoms with Crippen LogP contribution >= 0.6 is 11.6 Å². The van der Waals surface area contributed by atoms with Crippen molar-refractivity contribution < 1.29 is 0 Å². The van der Waals surface area contributed by atoms with E-state index in [1.807, 2.05) is 25.1 Å². The molecule has 118 valence electrons. The molecule has 23 heavy (non-hydrogen) atoms. The van der Waals surface area contributed by atoms with Gasteiger partial charge in [-0.2, -0.15) is 4.68 Å². The Bertz CT molecular complexity index is 829. The number of nitrogens with zero attached hydrogens (tertiary/aromatic N) is 4. The van der Waals surface area contributed by atoms with Crippen molar-refractivity contribution in [3.05, 3.63) is 58.6 Å². The van der Waals surface area contributed by atoms with Gasteiger partial charge in [-0.1, -0.05) is 62.7 Å². The third-order valence-electron chi connectivity index (χ3n) is 3.88. The zero-order chi connectivity index (χ0) is 16.6. The molecule has 0 bridgehead atoms. The van der Waals surface area contributed by atoms with Crippen molar-refractivity contribution in [2.75, 3.05) is 0 Å². The van der Waals surface area contributed by atoms with E-state index in [1.165, 1.54) is 5.56 Å². The van der Waals surface area contributed by atoms with Crippen molar-refractivity contribution in [1.29, 1.82) is 0 Å². The van der Waals surface area contributed by atoms with Crippen molar-refractivity contribution in [2.45, 2.75) is 33.1 Å². The molecule has 4 nitrogen and oxygen atoms in total. The average Bonchev–Trinajstić information content (AvgIpc) is 2.98. The minimum atomic E-state index is 0.119. The Morgan fingerprint density at radius 1 is 1.00 bits per heavy atom. The second-order valence-corrected chi connectivity index (χ2v) is 7.11. The van der Waals surface area contributed by atoms with Crippen LogP contribution in [0.25, 0.3) is 17.1 Å². The van der Waals surface area contributed by atoms with Gasteiger partial charge in [0.25, 0.3) is 0 Å². The van der Waals surface area contributed by atoms with Gasteiger partial charge in [0.05, 0.1) is 5.69 Å². The largest absolute Gasteiger partial charge is 0.192 e. The predicted octanol–water partition coefficient (Wildman–Crippen LogP) is 4.59. The van der Waals surface area contributed by atoms with Gasteiger partial charge in [0.15, 0.2) is 5.82 Å². The Labute approximate surface area is 141 Å². The van der Waals surface area contributed by atoms with Gasteiger partial charge in [-0.15, -0.1) is 5.10 Å². The van der Waals surface area contributed by atoms with Crippen LogP contribution in [0.2, 0.25) is 5.02 Å². The molecule has 0 spiro atoms. The number of tetrazole rings is 1. The molecule has 5 heteroatoms. The molecule has 0 aliphatic rings. The average molecular weight is 327 g/mol. The highest BCUT2D eigenvalue weighted by atomic mass is 35.5. The summed E-state index contributed by atoms with van der Waals surface area (Å²) in [6, 6.07) is 14.1. The molecule has 0 unspecified atom stereocenters. The van der Waals surface area contributed by atoms with Gasteiger partial charge in [0.1, 0.15) is 0 Å². The molecular formula is C18H19ClN4. The smallest absolute Gasteiger partial charge is 0.187 e. The summed E-state index contributed by atoms with van der Waals surface area (Å²) in [6.07, 6.45) is 0. The lowest BCUT2D eigenvalue weighted by Crippen LogP contribution is -2.10. The number of rotatable bonds is 2. The van der Waals surface area contributed by atoms with Crippen molar-refractivity contribution >= 4 is 11.6 Å². The second kappa shape index (κ2) is 5.78. The highest BCUT2D eigenvalue weighted by Gasteiger charge is 2.16. The summed E-state index contributed by atoms with van der Waals surface area (Å²) < 4.78 is 1.73. The van der Waals surface area contributed by atoms with Gasteiger partial charge in [-0.25, -0.2) is 0 Å². The van der Waals surface area contributed by atoms with Crippen molar-refractivity contribution in [3.63, 3.8) is 0 Å². The zero-order valence-corrected chi connectivity index (χ0v) is 14.5. The second-order valence-electron chi connectivity index (χ2n) is 6.67. The summed E-state index contributed by atoms with van der Waals surface area (Å²) in [4.78, 5) is 0. The van der Waals surface area contributed by atoms with E-state index >= 15 is 0 Å². The number of aryl methyl sites for hydroxylation is 1. The van der Waals surface area contributed by atoms with Crippen molar-refractivity contribution in [3.8, 4) is 17.1 Å². The molecular weight excluding hydrogens is 308 g/mol. The zero-order valence-electron chi connectivity index (χ0n) is 13.7. The molecule has 3 rings (SSSR count). The molecule has 0 aliphatic heterocycles. The maximum atomic E-state index is 6.12. The van der Waals surface area contributed by atoms with Gasteiger partial charge in [0.2, 0.25) is 0 Å². The molecule has 3 aromatic rings. The lowest BCUT2D eigenvalue weighted by atomic mass is 9.87. The number of aromatic nitrogens is 4. The first-order chi connectivity index (χ1) is 10.9. The molecule has 0 saturated heterocycles. The summed E-state index contributed by atoms with van der Waals surface area (Å²) in [5, 5.41) is 12.8. The van der Waals surface area contributed by atoms with Crippen LogP contribution in [0.3, 0.4) is 0 Å². The number of benzene rings is 2. The van der Waals surface area contributed by atoms with Crippen LogP contribution in [-0.2, 0) is 5.41 Å². The van der Waals surface area contributed by atoms with Crippen LogP contribution in [0.4, 0.5) is 0 Å². The first kappa shape index (κ1) is 15.7. The van der Waals surface area contributed by atoms with E-state index in [4.69, 9.17) is 11.6 Å². The maximum absolute atomic E-state index is 6.12. The van der Waals surface area contributed by atoms with E-state index < -0.39 is 0 Å². The summed E-state index contributed by atoms with van der Waals surface area (Å²) >= 11 is 6.12. The fourth-order valence-corrected chi connectivity index (χ4v) is 2.63. The van der Waals surface area contributed by atoms with Gasteiger partial charge in [-0.3, -0.25) is 0 Å². The molecule has 0 amide bonds. The number of halogens is 1.